The van der Waals surface area contributed by atoms with Crippen LogP contribution in [0.1, 0.15) is 42.5 Å². The number of likely N-dealkylation sites (N-methyl/N-ethyl adjacent to an activating group) is 1. The number of benzene rings is 2. The minimum Gasteiger partial charge on any atom is -0.484 e. The van der Waals surface area contributed by atoms with Crippen LogP contribution in [0, 0.1) is 20.8 Å². The predicted octanol–water partition coefficient (Wildman–Crippen LogP) is 4.59. The van der Waals surface area contributed by atoms with Crippen molar-refractivity contribution in [3.8, 4) is 5.75 Å². The minimum atomic E-state index is -0.559. The molecule has 6 heteroatoms. The van der Waals surface area contributed by atoms with E-state index in [0.717, 1.165) is 22.3 Å². The molecule has 2 amide bonds. The molecule has 0 fully saturated rings. The minimum absolute atomic E-state index is 0.151. The summed E-state index contributed by atoms with van der Waals surface area (Å²) in [5.74, 6) is 0.196. The third-order valence-corrected chi connectivity index (χ3v) is 5.58. The van der Waals surface area contributed by atoms with E-state index in [9.17, 15) is 9.59 Å². The van der Waals surface area contributed by atoms with Crippen molar-refractivity contribution in [3.05, 3.63) is 63.7 Å². The maximum Gasteiger partial charge on any atom is 0.261 e. The lowest BCUT2D eigenvalue weighted by Gasteiger charge is -2.30. The fourth-order valence-electron chi connectivity index (χ4n) is 3.32. The Bertz CT molecular complexity index is 858. The molecule has 0 saturated heterocycles. The van der Waals surface area contributed by atoms with Gasteiger partial charge in [0.25, 0.3) is 5.91 Å². The first-order valence-electron chi connectivity index (χ1n) is 10.3. The highest BCUT2D eigenvalue weighted by atomic mass is 35.5. The van der Waals surface area contributed by atoms with Crippen LogP contribution >= 0.6 is 11.6 Å². The summed E-state index contributed by atoms with van der Waals surface area (Å²) in [6, 6.07) is 11.0. The van der Waals surface area contributed by atoms with Crippen LogP contribution in [0.2, 0.25) is 5.02 Å². The van der Waals surface area contributed by atoms with Gasteiger partial charge in [-0.1, -0.05) is 48.4 Å². The molecule has 0 bridgehead atoms. The van der Waals surface area contributed by atoms with Crippen LogP contribution in [-0.2, 0) is 16.1 Å². The zero-order valence-electron chi connectivity index (χ0n) is 18.4. The second-order valence-electron chi connectivity index (χ2n) is 7.49. The number of hydrogen-bond donors (Lipinski definition) is 1. The molecule has 2 aromatic rings. The molecule has 1 unspecified atom stereocenters. The van der Waals surface area contributed by atoms with Gasteiger partial charge < -0.3 is 15.0 Å². The van der Waals surface area contributed by atoms with Gasteiger partial charge in [-0.05, 0) is 62.9 Å². The Balaban J connectivity index is 2.22. The first-order chi connectivity index (χ1) is 14.3. The molecule has 2 aromatic carbocycles. The monoisotopic (exact) mass is 430 g/mol. The standard InChI is InChI=1S/C24H31ClN2O3/c1-6-21(24(29)26-7-2)27(14-19-10-8-16(3)9-11-19)22(28)15-30-20-12-17(4)23(25)18(5)13-20/h8-13,21H,6-7,14-15H2,1-5H3,(H,26,29). The maximum absolute atomic E-state index is 13.1. The Morgan fingerprint density at radius 1 is 1.07 bits per heavy atom. The molecule has 0 saturated carbocycles. The first-order valence-corrected chi connectivity index (χ1v) is 10.7. The third kappa shape index (κ3) is 6.23. The topological polar surface area (TPSA) is 58.6 Å². The van der Waals surface area contributed by atoms with E-state index in [1.807, 2.05) is 71.0 Å². The van der Waals surface area contributed by atoms with Crippen molar-refractivity contribution in [1.29, 1.82) is 0 Å². The molecule has 0 aliphatic carbocycles. The average Bonchev–Trinajstić information content (AvgIpc) is 2.71. The summed E-state index contributed by atoms with van der Waals surface area (Å²) in [4.78, 5) is 27.3. The number of nitrogens with zero attached hydrogens (tertiary/aromatic N) is 1. The van der Waals surface area contributed by atoms with Crippen molar-refractivity contribution in [2.45, 2.75) is 53.6 Å². The largest absolute Gasteiger partial charge is 0.484 e. The lowest BCUT2D eigenvalue weighted by molar-refractivity contribution is -0.142. The summed E-state index contributed by atoms with van der Waals surface area (Å²) in [5, 5.41) is 3.53. The number of halogens is 1. The van der Waals surface area contributed by atoms with Crippen LogP contribution in [0.15, 0.2) is 36.4 Å². The van der Waals surface area contributed by atoms with Crippen molar-refractivity contribution in [2.24, 2.45) is 0 Å². The number of ether oxygens (including phenoxy) is 1. The number of aryl methyl sites for hydroxylation is 3. The van der Waals surface area contributed by atoms with Gasteiger partial charge in [0, 0.05) is 18.1 Å². The highest BCUT2D eigenvalue weighted by Gasteiger charge is 2.28. The van der Waals surface area contributed by atoms with Crippen molar-refractivity contribution < 1.29 is 14.3 Å². The normalized spacial score (nSPS) is 11.7. The van der Waals surface area contributed by atoms with Gasteiger partial charge in [-0.15, -0.1) is 0 Å². The second-order valence-corrected chi connectivity index (χ2v) is 7.86. The summed E-state index contributed by atoms with van der Waals surface area (Å²) < 4.78 is 5.78. The summed E-state index contributed by atoms with van der Waals surface area (Å²) in [6.07, 6.45) is 0.516. The highest BCUT2D eigenvalue weighted by molar-refractivity contribution is 6.32. The molecule has 5 nitrogen and oxygen atoms in total. The van der Waals surface area contributed by atoms with Crippen LogP contribution in [0.4, 0.5) is 0 Å². The fourth-order valence-corrected chi connectivity index (χ4v) is 3.43. The molecule has 0 radical (unpaired) electrons. The molecule has 162 valence electrons. The Morgan fingerprint density at radius 2 is 1.67 bits per heavy atom. The van der Waals surface area contributed by atoms with Crippen molar-refractivity contribution >= 4 is 23.4 Å². The molecular formula is C24H31ClN2O3. The quantitative estimate of drug-likeness (QED) is 0.633. The van der Waals surface area contributed by atoms with E-state index in [-0.39, 0.29) is 18.4 Å². The maximum atomic E-state index is 13.1. The fraction of sp³-hybridized carbons (Fsp3) is 0.417. The van der Waals surface area contributed by atoms with E-state index in [2.05, 4.69) is 5.32 Å². The van der Waals surface area contributed by atoms with E-state index < -0.39 is 6.04 Å². The van der Waals surface area contributed by atoms with Crippen LogP contribution in [0.5, 0.6) is 5.75 Å². The second kappa shape index (κ2) is 11.0. The third-order valence-electron chi connectivity index (χ3n) is 4.98. The molecule has 30 heavy (non-hydrogen) atoms. The van der Waals surface area contributed by atoms with Crippen LogP contribution in [0.25, 0.3) is 0 Å². The molecule has 0 aliphatic rings. The number of carbonyl (C=O) groups excluding carboxylic acids is 2. The number of amides is 2. The molecule has 0 spiro atoms. The van der Waals surface area contributed by atoms with Gasteiger partial charge in [0.1, 0.15) is 11.8 Å². The van der Waals surface area contributed by atoms with Gasteiger partial charge in [0.05, 0.1) is 0 Å². The van der Waals surface area contributed by atoms with Gasteiger partial charge in [0.15, 0.2) is 6.61 Å². The van der Waals surface area contributed by atoms with E-state index in [1.54, 1.807) is 4.90 Å². The lowest BCUT2D eigenvalue weighted by Crippen LogP contribution is -2.50. The van der Waals surface area contributed by atoms with Crippen molar-refractivity contribution in [2.75, 3.05) is 13.2 Å². The van der Waals surface area contributed by atoms with Crippen LogP contribution < -0.4 is 10.1 Å². The smallest absolute Gasteiger partial charge is 0.261 e. The molecule has 0 aromatic heterocycles. The summed E-state index contributed by atoms with van der Waals surface area (Å²) >= 11 is 6.21. The Kier molecular flexibility index (Phi) is 8.72. The van der Waals surface area contributed by atoms with Crippen LogP contribution in [-0.4, -0.2) is 35.9 Å². The lowest BCUT2D eigenvalue weighted by atomic mass is 10.1. The highest BCUT2D eigenvalue weighted by Crippen LogP contribution is 2.26. The molecule has 0 aliphatic heterocycles. The number of hydrogen-bond acceptors (Lipinski definition) is 3. The summed E-state index contributed by atoms with van der Waals surface area (Å²) in [5.41, 5.74) is 3.90. The molecule has 1 atom stereocenters. The Hall–Kier alpha value is -2.53. The predicted molar refractivity (Wildman–Crippen MR) is 121 cm³/mol. The van der Waals surface area contributed by atoms with Gasteiger partial charge in [-0.2, -0.15) is 0 Å². The zero-order chi connectivity index (χ0) is 22.3. The van der Waals surface area contributed by atoms with E-state index in [4.69, 9.17) is 16.3 Å². The first kappa shape index (κ1) is 23.7. The van der Waals surface area contributed by atoms with E-state index in [1.165, 1.54) is 0 Å². The Morgan fingerprint density at radius 3 is 2.20 bits per heavy atom. The van der Waals surface area contributed by atoms with Crippen molar-refractivity contribution in [1.82, 2.24) is 10.2 Å². The SMILES string of the molecule is CCNC(=O)C(CC)N(Cc1ccc(C)cc1)C(=O)COc1cc(C)c(Cl)c(C)c1. The van der Waals surface area contributed by atoms with Gasteiger partial charge in [-0.25, -0.2) is 0 Å². The zero-order valence-corrected chi connectivity index (χ0v) is 19.2. The molecule has 0 heterocycles. The van der Waals surface area contributed by atoms with Gasteiger partial charge in [-0.3, -0.25) is 9.59 Å². The summed E-state index contributed by atoms with van der Waals surface area (Å²) in [7, 11) is 0. The van der Waals surface area contributed by atoms with E-state index >= 15 is 0 Å². The van der Waals surface area contributed by atoms with Gasteiger partial charge in [0.2, 0.25) is 5.91 Å². The number of carbonyl (C=O) groups is 2. The van der Waals surface area contributed by atoms with Crippen LogP contribution in [0.3, 0.4) is 0 Å². The molecule has 1 N–H and O–H groups in total. The molecular weight excluding hydrogens is 400 g/mol. The Labute approximate surface area is 184 Å². The number of nitrogens with one attached hydrogen (secondary N) is 1. The van der Waals surface area contributed by atoms with Crippen molar-refractivity contribution in [3.63, 3.8) is 0 Å². The number of rotatable bonds is 9. The van der Waals surface area contributed by atoms with Gasteiger partial charge >= 0.3 is 0 Å². The average molecular weight is 431 g/mol. The summed E-state index contributed by atoms with van der Waals surface area (Å²) in [6.45, 7) is 10.3. The van der Waals surface area contributed by atoms with E-state index in [0.29, 0.717) is 30.3 Å². The molecule has 2 rings (SSSR count).